The van der Waals surface area contributed by atoms with Crippen molar-refractivity contribution in [2.75, 3.05) is 62.2 Å². The number of nitrogens with zero attached hydrogens (tertiary/aromatic N) is 4. The highest BCUT2D eigenvalue weighted by atomic mass is 35.5. The molecule has 11 heteroatoms. The van der Waals surface area contributed by atoms with Crippen LogP contribution in [0, 0.1) is 11.8 Å². The first-order valence-electron chi connectivity index (χ1n) is 13.0. The Labute approximate surface area is 228 Å². The molecule has 2 aromatic rings. The van der Waals surface area contributed by atoms with Crippen molar-refractivity contribution in [3.8, 4) is 5.75 Å². The molecule has 2 atom stereocenters. The first-order valence-corrected chi connectivity index (χ1v) is 14.8. The molecule has 204 valence electrons. The summed E-state index contributed by atoms with van der Waals surface area (Å²) in [6.07, 6.45) is 0.988. The number of sulfonamides is 1. The molecule has 0 aliphatic carbocycles. The van der Waals surface area contributed by atoms with Gasteiger partial charge >= 0.3 is 0 Å². The Morgan fingerprint density at radius 3 is 2.42 bits per heavy atom. The monoisotopic (exact) mass is 560 g/mol. The van der Waals surface area contributed by atoms with Crippen LogP contribution in [-0.2, 0) is 19.6 Å². The van der Waals surface area contributed by atoms with E-state index in [9.17, 15) is 18.0 Å². The highest BCUT2D eigenvalue weighted by Gasteiger charge is 2.35. The van der Waals surface area contributed by atoms with Crippen molar-refractivity contribution in [2.24, 2.45) is 11.8 Å². The number of rotatable bonds is 5. The molecule has 0 spiro atoms. The number of piperidine rings is 1. The van der Waals surface area contributed by atoms with Crippen molar-refractivity contribution in [2.45, 2.75) is 25.2 Å². The van der Waals surface area contributed by atoms with Crippen molar-refractivity contribution < 1.29 is 22.7 Å². The van der Waals surface area contributed by atoms with Gasteiger partial charge in [0.15, 0.2) is 6.61 Å². The number of hydrogen-bond donors (Lipinski definition) is 0. The van der Waals surface area contributed by atoms with Crippen LogP contribution >= 0.6 is 11.6 Å². The Kier molecular flexibility index (Phi) is 7.57. The molecule has 5 rings (SSSR count). The van der Waals surface area contributed by atoms with Gasteiger partial charge < -0.3 is 14.5 Å². The SMILES string of the molecule is C[C@@H]1C[C@@H](C)CN(S(=O)(=O)c2ccc3c(c2)N(CC(=O)N2CCN(c4cccc(Cl)c4)CC2)C(=O)CO3)C1. The second kappa shape index (κ2) is 10.7. The van der Waals surface area contributed by atoms with Gasteiger partial charge in [-0.15, -0.1) is 0 Å². The molecular formula is C27H33ClN4O5S. The molecule has 2 amide bonds. The minimum Gasteiger partial charge on any atom is -0.482 e. The third kappa shape index (κ3) is 5.48. The van der Waals surface area contributed by atoms with E-state index >= 15 is 0 Å². The van der Waals surface area contributed by atoms with Crippen LogP contribution in [0.3, 0.4) is 0 Å². The van der Waals surface area contributed by atoms with Crippen LogP contribution in [0.15, 0.2) is 47.4 Å². The molecular weight excluding hydrogens is 528 g/mol. The highest BCUT2D eigenvalue weighted by molar-refractivity contribution is 7.89. The molecule has 0 unspecified atom stereocenters. The van der Waals surface area contributed by atoms with Gasteiger partial charge in [0.1, 0.15) is 12.3 Å². The van der Waals surface area contributed by atoms with E-state index in [1.54, 1.807) is 11.0 Å². The lowest BCUT2D eigenvalue weighted by atomic mass is 9.94. The van der Waals surface area contributed by atoms with Crippen LogP contribution in [0.1, 0.15) is 20.3 Å². The van der Waals surface area contributed by atoms with Gasteiger partial charge in [0.25, 0.3) is 5.91 Å². The van der Waals surface area contributed by atoms with Gasteiger partial charge in [0, 0.05) is 50.0 Å². The fourth-order valence-corrected chi connectivity index (χ4v) is 7.47. The third-order valence-electron chi connectivity index (χ3n) is 7.45. The standard InChI is InChI=1S/C27H33ClN4O5S/c1-19-12-20(2)16-31(15-19)38(35,36)23-6-7-25-24(14-23)32(27(34)18-37-25)17-26(33)30-10-8-29(9-11-30)22-5-3-4-21(28)13-22/h3-7,13-14,19-20H,8-12,15-18H2,1-2H3/t19-,20-/m1/s1. The average molecular weight is 561 g/mol. The number of amides is 2. The topological polar surface area (TPSA) is 90.5 Å². The molecule has 0 N–H and O–H groups in total. The lowest BCUT2D eigenvalue weighted by Gasteiger charge is -2.38. The van der Waals surface area contributed by atoms with E-state index in [2.05, 4.69) is 18.7 Å². The molecule has 2 aromatic carbocycles. The summed E-state index contributed by atoms with van der Waals surface area (Å²) >= 11 is 6.12. The molecule has 2 saturated heterocycles. The lowest BCUT2D eigenvalue weighted by Crippen LogP contribution is -2.53. The Morgan fingerprint density at radius 1 is 1.03 bits per heavy atom. The van der Waals surface area contributed by atoms with Crippen LogP contribution in [-0.4, -0.2) is 81.9 Å². The van der Waals surface area contributed by atoms with Gasteiger partial charge in [-0.25, -0.2) is 8.42 Å². The Morgan fingerprint density at radius 2 is 1.74 bits per heavy atom. The summed E-state index contributed by atoms with van der Waals surface area (Å²) in [5.74, 6) is 0.360. The van der Waals surface area contributed by atoms with E-state index in [1.165, 1.54) is 21.3 Å². The zero-order chi connectivity index (χ0) is 27.0. The van der Waals surface area contributed by atoms with E-state index in [0.29, 0.717) is 55.7 Å². The summed E-state index contributed by atoms with van der Waals surface area (Å²) in [5, 5.41) is 0.663. The van der Waals surface area contributed by atoms with Gasteiger partial charge in [0.05, 0.1) is 10.6 Å². The van der Waals surface area contributed by atoms with Crippen LogP contribution in [0.25, 0.3) is 0 Å². The van der Waals surface area contributed by atoms with Gasteiger partial charge in [-0.3, -0.25) is 14.5 Å². The summed E-state index contributed by atoms with van der Waals surface area (Å²) in [4.78, 5) is 31.4. The fourth-order valence-electron chi connectivity index (χ4n) is 5.59. The van der Waals surface area contributed by atoms with Crippen LogP contribution in [0.5, 0.6) is 5.75 Å². The van der Waals surface area contributed by atoms with Gasteiger partial charge in [-0.2, -0.15) is 4.31 Å². The number of hydrogen-bond acceptors (Lipinski definition) is 6. The van der Waals surface area contributed by atoms with E-state index in [4.69, 9.17) is 16.3 Å². The van der Waals surface area contributed by atoms with Crippen LogP contribution in [0.2, 0.25) is 5.02 Å². The maximum atomic E-state index is 13.5. The summed E-state index contributed by atoms with van der Waals surface area (Å²) in [5.41, 5.74) is 1.32. The maximum absolute atomic E-state index is 13.5. The number of piperazine rings is 1. The number of carbonyl (C=O) groups excluding carboxylic acids is 2. The molecule has 3 heterocycles. The predicted octanol–water partition coefficient (Wildman–Crippen LogP) is 3.08. The first-order chi connectivity index (χ1) is 18.1. The minimum atomic E-state index is -3.76. The van der Waals surface area contributed by atoms with Crippen LogP contribution < -0.4 is 14.5 Å². The van der Waals surface area contributed by atoms with Crippen molar-refractivity contribution in [1.29, 1.82) is 0 Å². The lowest BCUT2D eigenvalue weighted by molar-refractivity contribution is -0.132. The largest absolute Gasteiger partial charge is 0.482 e. The molecule has 38 heavy (non-hydrogen) atoms. The summed E-state index contributed by atoms with van der Waals surface area (Å²) in [6, 6.07) is 12.2. The summed E-state index contributed by atoms with van der Waals surface area (Å²) in [6.45, 7) is 6.98. The molecule has 0 radical (unpaired) electrons. The van der Waals surface area contributed by atoms with Gasteiger partial charge in [-0.05, 0) is 54.7 Å². The molecule has 9 nitrogen and oxygen atoms in total. The molecule has 3 aliphatic heterocycles. The van der Waals surface area contributed by atoms with Crippen molar-refractivity contribution in [3.63, 3.8) is 0 Å². The molecule has 2 fully saturated rings. The number of anilines is 2. The smallest absolute Gasteiger partial charge is 0.265 e. The normalized spacial score (nSPS) is 22.7. The summed E-state index contributed by atoms with van der Waals surface area (Å²) < 4.78 is 34.1. The molecule has 0 bridgehead atoms. The first kappa shape index (κ1) is 26.8. The van der Waals surface area contributed by atoms with Gasteiger partial charge in [-0.1, -0.05) is 31.5 Å². The van der Waals surface area contributed by atoms with E-state index in [0.717, 1.165) is 12.1 Å². The molecule has 0 aromatic heterocycles. The Balaban J connectivity index is 1.31. The van der Waals surface area contributed by atoms with Crippen molar-refractivity contribution >= 4 is 44.8 Å². The molecule has 0 saturated carbocycles. The third-order valence-corrected chi connectivity index (χ3v) is 9.51. The minimum absolute atomic E-state index is 0.100. The average Bonchev–Trinajstić information content (AvgIpc) is 2.89. The summed E-state index contributed by atoms with van der Waals surface area (Å²) in [7, 11) is -3.76. The number of carbonyl (C=O) groups is 2. The zero-order valence-corrected chi connectivity index (χ0v) is 23.2. The Hall–Kier alpha value is -2.82. The number of halogens is 1. The zero-order valence-electron chi connectivity index (χ0n) is 21.7. The fraction of sp³-hybridized carbons (Fsp3) is 0.481. The predicted molar refractivity (Wildman–Crippen MR) is 146 cm³/mol. The second-order valence-electron chi connectivity index (χ2n) is 10.5. The molecule has 3 aliphatic rings. The van der Waals surface area contributed by atoms with Crippen molar-refractivity contribution in [3.05, 3.63) is 47.5 Å². The van der Waals surface area contributed by atoms with E-state index < -0.39 is 10.0 Å². The van der Waals surface area contributed by atoms with E-state index in [1.807, 2.05) is 24.3 Å². The van der Waals surface area contributed by atoms with Crippen molar-refractivity contribution in [1.82, 2.24) is 9.21 Å². The number of fused-ring (bicyclic) bond motifs is 1. The van der Waals surface area contributed by atoms with E-state index in [-0.39, 0.29) is 41.7 Å². The number of benzene rings is 2. The second-order valence-corrected chi connectivity index (χ2v) is 12.9. The van der Waals surface area contributed by atoms with Gasteiger partial charge in [0.2, 0.25) is 15.9 Å². The maximum Gasteiger partial charge on any atom is 0.265 e. The quantitative estimate of drug-likeness (QED) is 0.558. The van der Waals surface area contributed by atoms with Crippen LogP contribution in [0.4, 0.5) is 11.4 Å². The Bertz CT molecular complexity index is 1320. The highest BCUT2D eigenvalue weighted by Crippen LogP contribution is 2.36. The number of ether oxygens (including phenoxy) is 1.